The summed E-state index contributed by atoms with van der Waals surface area (Å²) in [5.74, 6) is 0.905. The second-order valence-corrected chi connectivity index (χ2v) is 11.7. The summed E-state index contributed by atoms with van der Waals surface area (Å²) in [6.07, 6.45) is 1.85. The molecule has 0 aromatic heterocycles. The van der Waals surface area contributed by atoms with Gasteiger partial charge in [0.15, 0.2) is 16.7 Å². The van der Waals surface area contributed by atoms with Crippen molar-refractivity contribution in [3.8, 4) is 11.5 Å². The maximum absolute atomic E-state index is 13.7. The molecule has 1 aliphatic rings. The molecule has 5 aromatic rings. The molecule has 1 amide bonds. The third kappa shape index (κ3) is 6.83. The lowest BCUT2D eigenvalue weighted by molar-refractivity contribution is -0.122. The van der Waals surface area contributed by atoms with Crippen molar-refractivity contribution >= 4 is 51.3 Å². The molecule has 0 radical (unpaired) electrons. The number of nitrogens with zero attached hydrogens (tertiary/aromatic N) is 2. The van der Waals surface area contributed by atoms with Crippen molar-refractivity contribution in [3.63, 3.8) is 0 Å². The second-order valence-electron chi connectivity index (χ2n) is 10.3. The molecule has 220 valence electrons. The number of hydrogen-bond donors (Lipinski definition) is 0. The van der Waals surface area contributed by atoms with E-state index in [1.807, 2.05) is 104 Å². The number of benzene rings is 5. The van der Waals surface area contributed by atoms with Gasteiger partial charge in [0, 0.05) is 0 Å². The van der Waals surface area contributed by atoms with Gasteiger partial charge in [-0.15, -0.1) is 0 Å². The van der Waals surface area contributed by atoms with Gasteiger partial charge in [0.25, 0.3) is 5.91 Å². The molecule has 5 aromatic carbocycles. The summed E-state index contributed by atoms with van der Waals surface area (Å²) in [7, 11) is 0. The van der Waals surface area contributed by atoms with E-state index in [-0.39, 0.29) is 5.91 Å². The lowest BCUT2D eigenvalue weighted by Gasteiger charge is -2.16. The number of thioether (sulfide) groups is 1. The maximum Gasteiger partial charge on any atom is 0.267 e. The molecule has 1 saturated heterocycles. The van der Waals surface area contributed by atoms with Crippen LogP contribution in [0.5, 0.6) is 11.5 Å². The van der Waals surface area contributed by atoms with Crippen LogP contribution in [0.15, 0.2) is 125 Å². The van der Waals surface area contributed by atoms with Crippen LogP contribution in [0.3, 0.4) is 0 Å². The van der Waals surface area contributed by atoms with E-state index in [4.69, 9.17) is 26.1 Å². The summed E-state index contributed by atoms with van der Waals surface area (Å²) in [5.41, 5.74) is 3.92. The van der Waals surface area contributed by atoms with Crippen molar-refractivity contribution < 1.29 is 14.3 Å². The molecule has 0 aliphatic carbocycles. The highest BCUT2D eigenvalue weighted by Crippen LogP contribution is 2.40. The van der Waals surface area contributed by atoms with Crippen LogP contribution in [0.1, 0.15) is 29.2 Å². The summed E-state index contributed by atoms with van der Waals surface area (Å²) >= 11 is 8.17. The van der Waals surface area contributed by atoms with E-state index in [1.165, 1.54) is 11.8 Å². The van der Waals surface area contributed by atoms with Gasteiger partial charge in [-0.3, -0.25) is 14.7 Å². The Bertz CT molecular complexity index is 1840. The number of hydrogen-bond acceptors (Lipinski definition) is 5. The smallest absolute Gasteiger partial charge is 0.267 e. The summed E-state index contributed by atoms with van der Waals surface area (Å²) in [4.78, 5) is 20.9. The minimum Gasteiger partial charge on any atom is -0.490 e. The largest absolute Gasteiger partial charge is 0.490 e. The fraction of sp³-hybridized carbons (Fsp3) is 0.135. The molecule has 0 bridgehead atoms. The van der Waals surface area contributed by atoms with Gasteiger partial charge in [0.1, 0.15) is 6.61 Å². The van der Waals surface area contributed by atoms with Crippen molar-refractivity contribution in [1.29, 1.82) is 0 Å². The molecule has 6 rings (SSSR count). The van der Waals surface area contributed by atoms with Gasteiger partial charge in [0.05, 0.1) is 29.6 Å². The van der Waals surface area contributed by atoms with Crippen molar-refractivity contribution in [2.45, 2.75) is 26.6 Å². The molecule has 5 nitrogen and oxygen atoms in total. The van der Waals surface area contributed by atoms with Crippen LogP contribution in [0.4, 0.5) is 0 Å². The Morgan fingerprint density at radius 3 is 2.32 bits per heavy atom. The fourth-order valence-corrected chi connectivity index (χ4v) is 6.32. The van der Waals surface area contributed by atoms with Gasteiger partial charge in [0.2, 0.25) is 0 Å². The number of carbonyl (C=O) groups is 1. The summed E-state index contributed by atoms with van der Waals surface area (Å²) in [5, 5.41) is 3.36. The number of carbonyl (C=O) groups excluding carboxylic acids is 1. The standard InChI is InChI=1S/C37H31ClN2O3S/c1-2-42-33-21-28(20-32(38)35(33)43-25-30-18-11-17-29-16-9-10-19-31(29)30)22-34-36(41)40(24-27-14-7-4-8-15-27)37(44-34)39-23-26-12-5-3-6-13-26/h3-22H,2,23-25H2,1H3/b34-22+,39-37?. The first-order valence-electron chi connectivity index (χ1n) is 14.5. The topological polar surface area (TPSA) is 51.1 Å². The zero-order valence-corrected chi connectivity index (χ0v) is 25.9. The normalized spacial score (nSPS) is 15.0. The molecule has 0 saturated carbocycles. The Kier molecular flexibility index (Phi) is 9.30. The molecule has 0 spiro atoms. The summed E-state index contributed by atoms with van der Waals surface area (Å²) in [6, 6.07) is 38.0. The highest BCUT2D eigenvalue weighted by atomic mass is 35.5. The zero-order valence-electron chi connectivity index (χ0n) is 24.3. The lowest BCUT2D eigenvalue weighted by Crippen LogP contribution is -2.28. The number of rotatable bonds is 10. The van der Waals surface area contributed by atoms with Crippen molar-refractivity contribution in [3.05, 3.63) is 147 Å². The van der Waals surface area contributed by atoms with Gasteiger partial charge in [-0.1, -0.05) is 115 Å². The van der Waals surface area contributed by atoms with Crippen LogP contribution in [0.2, 0.25) is 5.02 Å². The number of ether oxygens (including phenoxy) is 2. The number of fused-ring (bicyclic) bond motifs is 1. The summed E-state index contributed by atoms with van der Waals surface area (Å²) < 4.78 is 12.2. The van der Waals surface area contributed by atoms with E-state index in [2.05, 4.69) is 24.3 Å². The van der Waals surface area contributed by atoms with Crippen LogP contribution >= 0.6 is 23.4 Å². The number of amides is 1. The van der Waals surface area contributed by atoms with Crippen LogP contribution in [-0.2, 0) is 24.5 Å². The monoisotopic (exact) mass is 618 g/mol. The minimum absolute atomic E-state index is 0.101. The Morgan fingerprint density at radius 2 is 1.55 bits per heavy atom. The van der Waals surface area contributed by atoms with Crippen LogP contribution < -0.4 is 9.47 Å². The van der Waals surface area contributed by atoms with Gasteiger partial charge < -0.3 is 9.47 Å². The average molecular weight is 619 g/mol. The summed E-state index contributed by atoms with van der Waals surface area (Å²) in [6.45, 7) is 3.61. The molecule has 44 heavy (non-hydrogen) atoms. The molecule has 1 heterocycles. The highest BCUT2D eigenvalue weighted by Gasteiger charge is 2.33. The maximum atomic E-state index is 13.7. The van der Waals surface area contributed by atoms with Crippen LogP contribution in [0.25, 0.3) is 16.8 Å². The van der Waals surface area contributed by atoms with Gasteiger partial charge in [-0.05, 0) is 69.9 Å². The van der Waals surface area contributed by atoms with E-state index >= 15 is 0 Å². The van der Waals surface area contributed by atoms with E-state index in [0.29, 0.717) is 52.9 Å². The van der Waals surface area contributed by atoms with E-state index in [9.17, 15) is 4.79 Å². The zero-order chi connectivity index (χ0) is 30.3. The Hall–Kier alpha value is -4.52. The first kappa shape index (κ1) is 29.5. The lowest BCUT2D eigenvalue weighted by atomic mass is 10.1. The molecular formula is C37H31ClN2O3S. The van der Waals surface area contributed by atoms with Crippen molar-refractivity contribution in [1.82, 2.24) is 4.90 Å². The predicted octanol–water partition coefficient (Wildman–Crippen LogP) is 9.14. The van der Waals surface area contributed by atoms with E-state index < -0.39 is 0 Å². The van der Waals surface area contributed by atoms with Gasteiger partial charge >= 0.3 is 0 Å². The Labute approximate surface area is 266 Å². The van der Waals surface area contributed by atoms with E-state index in [0.717, 1.165) is 33.0 Å². The Balaban J connectivity index is 1.28. The molecule has 1 aliphatic heterocycles. The van der Waals surface area contributed by atoms with Crippen molar-refractivity contribution in [2.75, 3.05) is 6.61 Å². The first-order valence-corrected chi connectivity index (χ1v) is 15.7. The van der Waals surface area contributed by atoms with Crippen LogP contribution in [-0.4, -0.2) is 22.6 Å². The highest BCUT2D eigenvalue weighted by molar-refractivity contribution is 8.18. The average Bonchev–Trinajstić information content (AvgIpc) is 3.33. The SMILES string of the molecule is CCOc1cc(/C=C2/SC(=NCc3ccccc3)N(Cc3ccccc3)C2=O)cc(Cl)c1OCc1cccc2ccccc12. The second kappa shape index (κ2) is 13.8. The molecule has 7 heteroatoms. The molecule has 0 N–H and O–H groups in total. The number of amidine groups is 1. The van der Waals surface area contributed by atoms with Crippen molar-refractivity contribution in [2.24, 2.45) is 4.99 Å². The number of aliphatic imine (C=N–C) groups is 1. The predicted molar refractivity (Wildman–Crippen MR) is 181 cm³/mol. The third-order valence-electron chi connectivity index (χ3n) is 7.19. The van der Waals surface area contributed by atoms with Gasteiger partial charge in [-0.25, -0.2) is 0 Å². The van der Waals surface area contributed by atoms with Crippen LogP contribution in [0, 0.1) is 0 Å². The third-order valence-corrected chi connectivity index (χ3v) is 8.52. The molecule has 1 fully saturated rings. The minimum atomic E-state index is -0.101. The first-order chi connectivity index (χ1) is 21.6. The molecule has 0 atom stereocenters. The quantitative estimate of drug-likeness (QED) is 0.146. The van der Waals surface area contributed by atoms with Gasteiger partial charge in [-0.2, -0.15) is 0 Å². The number of halogens is 1. The van der Waals surface area contributed by atoms with E-state index in [1.54, 1.807) is 4.90 Å². The Morgan fingerprint density at radius 1 is 0.841 bits per heavy atom. The molecule has 0 unspecified atom stereocenters. The fourth-order valence-electron chi connectivity index (χ4n) is 5.07. The molecular weight excluding hydrogens is 588 g/mol.